The van der Waals surface area contributed by atoms with Gasteiger partial charge in [-0.15, -0.1) is 11.8 Å². The molecule has 0 aromatic carbocycles. The Labute approximate surface area is 136 Å². The molecule has 21 heavy (non-hydrogen) atoms. The lowest BCUT2D eigenvalue weighted by atomic mass is 10.1. The molecule has 4 heteroatoms. The Morgan fingerprint density at radius 2 is 1.62 bits per heavy atom. The number of rotatable bonds is 10. The monoisotopic (exact) mass is 316 g/mol. The molecule has 0 radical (unpaired) electrons. The van der Waals surface area contributed by atoms with Gasteiger partial charge in [-0.1, -0.05) is 20.8 Å². The molecule has 0 saturated carbocycles. The second-order valence-corrected chi connectivity index (χ2v) is 7.90. The average molecular weight is 317 g/mol. The van der Waals surface area contributed by atoms with E-state index in [4.69, 9.17) is 0 Å². The van der Waals surface area contributed by atoms with Crippen LogP contribution in [-0.2, 0) is 4.79 Å². The van der Waals surface area contributed by atoms with Crippen LogP contribution in [0.25, 0.3) is 0 Å². The zero-order valence-electron chi connectivity index (χ0n) is 15.3. The summed E-state index contributed by atoms with van der Waals surface area (Å²) in [5, 5.41) is 0.0894. The van der Waals surface area contributed by atoms with Gasteiger partial charge in [0.05, 0.1) is 5.25 Å². The molecule has 3 nitrogen and oxygen atoms in total. The first-order chi connectivity index (χ1) is 9.72. The molecule has 1 atom stereocenters. The highest BCUT2D eigenvalue weighted by molar-refractivity contribution is 8.00. The molecule has 0 aliphatic rings. The van der Waals surface area contributed by atoms with Crippen molar-refractivity contribution in [2.24, 2.45) is 5.92 Å². The van der Waals surface area contributed by atoms with E-state index >= 15 is 0 Å². The molecule has 0 spiro atoms. The van der Waals surface area contributed by atoms with E-state index in [1.807, 2.05) is 23.7 Å². The highest BCUT2D eigenvalue weighted by Gasteiger charge is 2.26. The van der Waals surface area contributed by atoms with Crippen LogP contribution >= 0.6 is 11.8 Å². The van der Waals surface area contributed by atoms with Crippen LogP contribution in [0.5, 0.6) is 0 Å². The fourth-order valence-corrected chi connectivity index (χ4v) is 3.51. The van der Waals surface area contributed by atoms with Crippen LogP contribution in [0.15, 0.2) is 0 Å². The van der Waals surface area contributed by atoms with Crippen molar-refractivity contribution in [3.63, 3.8) is 0 Å². The first-order valence-corrected chi connectivity index (χ1v) is 9.39. The predicted molar refractivity (Wildman–Crippen MR) is 96.0 cm³/mol. The van der Waals surface area contributed by atoms with Crippen LogP contribution in [0.2, 0.25) is 0 Å². The van der Waals surface area contributed by atoms with Gasteiger partial charge in [-0.05, 0) is 58.9 Å². The molecule has 0 heterocycles. The molecule has 1 amide bonds. The van der Waals surface area contributed by atoms with E-state index in [1.165, 1.54) is 0 Å². The molecule has 0 bridgehead atoms. The third-order valence-electron chi connectivity index (χ3n) is 3.99. The second-order valence-electron chi connectivity index (χ2n) is 6.65. The smallest absolute Gasteiger partial charge is 0.235 e. The zero-order chi connectivity index (χ0) is 16.6. The maximum atomic E-state index is 12.5. The average Bonchev–Trinajstić information content (AvgIpc) is 2.40. The molecule has 0 N–H and O–H groups in total. The topological polar surface area (TPSA) is 23.6 Å². The summed E-state index contributed by atoms with van der Waals surface area (Å²) in [6.45, 7) is 17.4. The lowest BCUT2D eigenvalue weighted by Crippen LogP contribution is -2.41. The van der Waals surface area contributed by atoms with E-state index in [2.05, 4.69) is 53.4 Å². The van der Waals surface area contributed by atoms with Gasteiger partial charge in [0.1, 0.15) is 0 Å². The summed E-state index contributed by atoms with van der Waals surface area (Å²) in [5.74, 6) is 1.72. The van der Waals surface area contributed by atoms with Gasteiger partial charge in [-0.25, -0.2) is 0 Å². The summed E-state index contributed by atoms with van der Waals surface area (Å²) in [6, 6.07) is 0.880. The normalized spacial score (nSPS) is 13.5. The van der Waals surface area contributed by atoms with E-state index in [1.54, 1.807) is 0 Å². The Balaban J connectivity index is 4.32. The molecule has 126 valence electrons. The number of nitrogens with zero attached hydrogens (tertiary/aromatic N) is 2. The Bertz CT molecular complexity index is 293. The number of carbonyl (C=O) groups excluding carboxylic acids is 1. The van der Waals surface area contributed by atoms with Crippen molar-refractivity contribution < 1.29 is 4.79 Å². The van der Waals surface area contributed by atoms with Crippen LogP contribution in [0.3, 0.4) is 0 Å². The third kappa shape index (κ3) is 7.55. The minimum atomic E-state index is 0.0894. The quantitative estimate of drug-likeness (QED) is 0.574. The van der Waals surface area contributed by atoms with Gasteiger partial charge in [-0.2, -0.15) is 0 Å². The number of hydrogen-bond donors (Lipinski definition) is 0. The van der Waals surface area contributed by atoms with E-state index in [0.29, 0.717) is 12.0 Å². The van der Waals surface area contributed by atoms with Gasteiger partial charge in [0, 0.05) is 19.1 Å². The van der Waals surface area contributed by atoms with Gasteiger partial charge in [0.25, 0.3) is 0 Å². The molecule has 0 aliphatic carbocycles. The van der Waals surface area contributed by atoms with Gasteiger partial charge >= 0.3 is 0 Å². The first-order valence-electron chi connectivity index (χ1n) is 8.34. The standard InChI is InChI=1S/C17H36N2OS/c1-9-19(15(6)7)11-10-12-21-16(13(2)3)17(20)18(8)14(4)5/h13-16H,9-12H2,1-8H3/t16-/m0/s1. The van der Waals surface area contributed by atoms with Crippen molar-refractivity contribution >= 4 is 17.7 Å². The Kier molecular flexibility index (Phi) is 10.4. The van der Waals surface area contributed by atoms with Crippen molar-refractivity contribution in [1.29, 1.82) is 0 Å². The maximum absolute atomic E-state index is 12.5. The highest BCUT2D eigenvalue weighted by Crippen LogP contribution is 2.23. The summed E-state index contributed by atoms with van der Waals surface area (Å²) in [4.78, 5) is 16.9. The summed E-state index contributed by atoms with van der Waals surface area (Å²) in [6.07, 6.45) is 1.15. The molecule has 0 aliphatic heterocycles. The molecule has 0 aromatic heterocycles. The Hall–Kier alpha value is -0.220. The third-order valence-corrected chi connectivity index (χ3v) is 5.62. The summed E-state index contributed by atoms with van der Waals surface area (Å²) < 4.78 is 0. The van der Waals surface area contributed by atoms with E-state index in [-0.39, 0.29) is 17.2 Å². The highest BCUT2D eigenvalue weighted by atomic mass is 32.2. The molecule has 0 rings (SSSR count). The van der Waals surface area contributed by atoms with Crippen LogP contribution in [0.4, 0.5) is 0 Å². The van der Waals surface area contributed by atoms with Crippen molar-refractivity contribution in [3.05, 3.63) is 0 Å². The summed E-state index contributed by atoms with van der Waals surface area (Å²) >= 11 is 1.83. The van der Waals surface area contributed by atoms with E-state index in [0.717, 1.165) is 25.3 Å². The van der Waals surface area contributed by atoms with Gasteiger partial charge in [0.2, 0.25) is 5.91 Å². The molecule has 0 fully saturated rings. The van der Waals surface area contributed by atoms with Crippen LogP contribution in [0, 0.1) is 5.92 Å². The largest absolute Gasteiger partial charge is 0.342 e. The minimum Gasteiger partial charge on any atom is -0.342 e. The van der Waals surface area contributed by atoms with Gasteiger partial charge in [-0.3, -0.25) is 4.79 Å². The van der Waals surface area contributed by atoms with Gasteiger partial charge < -0.3 is 9.80 Å². The van der Waals surface area contributed by atoms with Crippen molar-refractivity contribution in [2.75, 3.05) is 25.9 Å². The van der Waals surface area contributed by atoms with Crippen LogP contribution < -0.4 is 0 Å². The Morgan fingerprint density at radius 3 is 2.00 bits per heavy atom. The SMILES string of the molecule is CCN(CCCS[C@H](C(=O)N(C)C(C)C)C(C)C)C(C)C. The molecular formula is C17H36N2OS. The van der Waals surface area contributed by atoms with Crippen LogP contribution in [-0.4, -0.2) is 58.9 Å². The van der Waals surface area contributed by atoms with E-state index < -0.39 is 0 Å². The molecule has 0 unspecified atom stereocenters. The number of carbonyl (C=O) groups is 1. The molecular weight excluding hydrogens is 280 g/mol. The van der Waals surface area contributed by atoms with Crippen molar-refractivity contribution in [1.82, 2.24) is 9.80 Å². The number of thioether (sulfide) groups is 1. The minimum absolute atomic E-state index is 0.0894. The molecule has 0 aromatic rings. The summed E-state index contributed by atoms with van der Waals surface area (Å²) in [7, 11) is 1.92. The van der Waals surface area contributed by atoms with Gasteiger partial charge in [0.15, 0.2) is 0 Å². The first kappa shape index (κ1) is 20.8. The van der Waals surface area contributed by atoms with Crippen molar-refractivity contribution in [2.45, 2.75) is 72.2 Å². The fourth-order valence-electron chi connectivity index (χ4n) is 2.26. The maximum Gasteiger partial charge on any atom is 0.235 e. The lowest BCUT2D eigenvalue weighted by Gasteiger charge is -2.29. The lowest BCUT2D eigenvalue weighted by molar-refractivity contribution is -0.131. The number of amides is 1. The van der Waals surface area contributed by atoms with Crippen molar-refractivity contribution in [3.8, 4) is 0 Å². The fraction of sp³-hybridized carbons (Fsp3) is 0.941. The predicted octanol–water partition coefficient (Wildman–Crippen LogP) is 3.73. The van der Waals surface area contributed by atoms with E-state index in [9.17, 15) is 4.79 Å². The summed E-state index contributed by atoms with van der Waals surface area (Å²) in [5.41, 5.74) is 0. The van der Waals surface area contributed by atoms with Crippen LogP contribution in [0.1, 0.15) is 54.9 Å². The zero-order valence-corrected chi connectivity index (χ0v) is 16.2. The second kappa shape index (κ2) is 10.5. The number of hydrogen-bond acceptors (Lipinski definition) is 3. The Morgan fingerprint density at radius 1 is 1.05 bits per heavy atom. The molecule has 0 saturated heterocycles.